The molecule has 0 aromatic heterocycles. The zero-order chi connectivity index (χ0) is 12.9. The van der Waals surface area contributed by atoms with Crippen LogP contribution >= 0.6 is 0 Å². The monoisotopic (exact) mass is 244 g/mol. The number of phenolic OH excluding ortho intramolecular Hbond substituents is 1. The minimum absolute atomic E-state index is 0.0302. The molecule has 0 saturated carbocycles. The molecule has 94 valence electrons. The van der Waals surface area contributed by atoms with Crippen molar-refractivity contribution in [3.63, 3.8) is 0 Å². The second-order valence-corrected chi connectivity index (χ2v) is 3.68. The van der Waals surface area contributed by atoms with Crippen molar-refractivity contribution in [1.29, 1.82) is 0 Å². The summed E-state index contributed by atoms with van der Waals surface area (Å²) in [5, 5.41) is 11.2. The Kier molecular flexibility index (Phi) is 4.39. The lowest BCUT2D eigenvalue weighted by atomic mass is 10.1. The Labute approximate surface area is 97.4 Å². The Morgan fingerprint density at radius 3 is 2.76 bits per heavy atom. The molecule has 1 aromatic carbocycles. The van der Waals surface area contributed by atoms with Gasteiger partial charge in [-0.15, -0.1) is 0 Å². The molecule has 0 spiro atoms. The van der Waals surface area contributed by atoms with Gasteiger partial charge in [0.1, 0.15) is 5.75 Å². The van der Waals surface area contributed by atoms with Crippen LogP contribution in [-0.4, -0.2) is 30.0 Å². The van der Waals surface area contributed by atoms with E-state index in [1.807, 2.05) is 0 Å². The maximum Gasteiger partial charge on any atom is 0.277 e. The molecule has 17 heavy (non-hydrogen) atoms. The third-order valence-electron chi connectivity index (χ3n) is 2.12. The van der Waals surface area contributed by atoms with Gasteiger partial charge in [0.25, 0.3) is 5.92 Å². The van der Waals surface area contributed by atoms with Gasteiger partial charge < -0.3 is 16.2 Å². The van der Waals surface area contributed by atoms with E-state index in [0.717, 1.165) is 0 Å². The first kappa shape index (κ1) is 13.4. The molecule has 0 saturated heterocycles. The van der Waals surface area contributed by atoms with Crippen LogP contribution in [-0.2, 0) is 11.2 Å². The molecule has 0 aliphatic rings. The van der Waals surface area contributed by atoms with Crippen LogP contribution in [0.2, 0.25) is 0 Å². The molecule has 0 heterocycles. The molecule has 1 amide bonds. The maximum absolute atomic E-state index is 12.7. The predicted molar refractivity (Wildman–Crippen MR) is 58.8 cm³/mol. The van der Waals surface area contributed by atoms with Gasteiger partial charge in [0.2, 0.25) is 5.91 Å². The van der Waals surface area contributed by atoms with Gasteiger partial charge in [-0.25, -0.2) is 8.78 Å². The van der Waals surface area contributed by atoms with E-state index in [1.54, 1.807) is 12.1 Å². The number of hydrogen-bond donors (Lipinski definition) is 3. The van der Waals surface area contributed by atoms with Gasteiger partial charge in [0.15, 0.2) is 0 Å². The lowest BCUT2D eigenvalue weighted by molar-refractivity contribution is -0.122. The Morgan fingerprint density at radius 1 is 1.47 bits per heavy atom. The number of hydrogen-bond acceptors (Lipinski definition) is 3. The standard InChI is InChI=1S/C11H14F2N2O2/c12-11(13,6-14)7-15-10(17)5-8-2-1-3-9(16)4-8/h1-4,16H,5-7,14H2,(H,15,17). The molecule has 4 N–H and O–H groups in total. The van der Waals surface area contributed by atoms with Gasteiger partial charge >= 0.3 is 0 Å². The van der Waals surface area contributed by atoms with E-state index in [-0.39, 0.29) is 12.2 Å². The largest absolute Gasteiger partial charge is 0.508 e. The van der Waals surface area contributed by atoms with E-state index in [9.17, 15) is 13.6 Å². The predicted octanol–water partition coefficient (Wildman–Crippen LogP) is 0.645. The first-order chi connectivity index (χ1) is 7.93. The van der Waals surface area contributed by atoms with Gasteiger partial charge in [0, 0.05) is 0 Å². The topological polar surface area (TPSA) is 75.3 Å². The summed E-state index contributed by atoms with van der Waals surface area (Å²) >= 11 is 0. The Bertz CT molecular complexity index is 397. The quantitative estimate of drug-likeness (QED) is 0.711. The van der Waals surface area contributed by atoms with Crippen molar-refractivity contribution in [3.05, 3.63) is 29.8 Å². The highest BCUT2D eigenvalue weighted by atomic mass is 19.3. The number of carbonyl (C=O) groups excluding carboxylic acids is 1. The Hall–Kier alpha value is -1.69. The molecule has 0 atom stereocenters. The van der Waals surface area contributed by atoms with E-state index in [2.05, 4.69) is 5.32 Å². The molecule has 1 aromatic rings. The average Bonchev–Trinajstić information content (AvgIpc) is 2.27. The summed E-state index contributed by atoms with van der Waals surface area (Å²) in [5.41, 5.74) is 5.38. The molecule has 0 aliphatic heterocycles. The molecule has 4 nitrogen and oxygen atoms in total. The highest BCUT2D eigenvalue weighted by Gasteiger charge is 2.26. The fourth-order valence-corrected chi connectivity index (χ4v) is 1.21. The van der Waals surface area contributed by atoms with Crippen LogP contribution in [0.25, 0.3) is 0 Å². The van der Waals surface area contributed by atoms with Crippen molar-refractivity contribution in [3.8, 4) is 5.75 Å². The van der Waals surface area contributed by atoms with Crippen LogP contribution < -0.4 is 11.1 Å². The molecule has 0 fully saturated rings. The molecule has 0 radical (unpaired) electrons. The highest BCUT2D eigenvalue weighted by Crippen LogP contribution is 2.12. The number of alkyl halides is 2. The second-order valence-electron chi connectivity index (χ2n) is 3.68. The van der Waals surface area contributed by atoms with Gasteiger partial charge in [0.05, 0.1) is 19.5 Å². The fourth-order valence-electron chi connectivity index (χ4n) is 1.21. The smallest absolute Gasteiger partial charge is 0.277 e. The number of aromatic hydroxyl groups is 1. The van der Waals surface area contributed by atoms with Crippen LogP contribution in [0.4, 0.5) is 8.78 Å². The van der Waals surface area contributed by atoms with Crippen LogP contribution in [0.5, 0.6) is 5.75 Å². The summed E-state index contributed by atoms with van der Waals surface area (Å²) in [4.78, 5) is 11.3. The number of nitrogens with one attached hydrogen (secondary N) is 1. The zero-order valence-electron chi connectivity index (χ0n) is 9.12. The number of carbonyl (C=O) groups is 1. The zero-order valence-corrected chi connectivity index (χ0v) is 9.12. The fraction of sp³-hybridized carbons (Fsp3) is 0.364. The normalized spacial score (nSPS) is 11.2. The summed E-state index contributed by atoms with van der Waals surface area (Å²) in [5.74, 6) is -3.60. The van der Waals surface area contributed by atoms with Crippen molar-refractivity contribution in [1.82, 2.24) is 5.32 Å². The minimum atomic E-state index is -3.09. The third-order valence-corrected chi connectivity index (χ3v) is 2.12. The number of rotatable bonds is 5. The molecular weight excluding hydrogens is 230 g/mol. The molecular formula is C11H14F2N2O2. The van der Waals surface area contributed by atoms with Crippen LogP contribution in [0.3, 0.4) is 0 Å². The van der Waals surface area contributed by atoms with Crippen molar-refractivity contribution in [2.24, 2.45) is 5.73 Å². The lowest BCUT2D eigenvalue weighted by Gasteiger charge is -2.14. The van der Waals surface area contributed by atoms with Crippen molar-refractivity contribution >= 4 is 5.91 Å². The highest BCUT2D eigenvalue weighted by molar-refractivity contribution is 5.78. The van der Waals surface area contributed by atoms with Crippen molar-refractivity contribution in [2.75, 3.05) is 13.1 Å². The molecule has 1 rings (SSSR count). The summed E-state index contributed by atoms with van der Waals surface area (Å²) in [6, 6.07) is 6.07. The van der Waals surface area contributed by atoms with E-state index in [0.29, 0.717) is 5.56 Å². The van der Waals surface area contributed by atoms with E-state index in [4.69, 9.17) is 10.8 Å². The third kappa shape index (κ3) is 4.78. The van der Waals surface area contributed by atoms with Crippen LogP contribution in [0, 0.1) is 0 Å². The summed E-state index contributed by atoms with van der Waals surface area (Å²) in [6.07, 6.45) is -0.0605. The lowest BCUT2D eigenvalue weighted by Crippen LogP contribution is -2.42. The van der Waals surface area contributed by atoms with E-state index in [1.165, 1.54) is 12.1 Å². The SMILES string of the molecule is NCC(F)(F)CNC(=O)Cc1cccc(O)c1. The first-order valence-corrected chi connectivity index (χ1v) is 5.05. The minimum Gasteiger partial charge on any atom is -0.508 e. The summed E-state index contributed by atoms with van der Waals surface area (Å²) in [7, 11) is 0. The van der Waals surface area contributed by atoms with E-state index >= 15 is 0 Å². The molecule has 0 bridgehead atoms. The van der Waals surface area contributed by atoms with Gasteiger partial charge in [-0.05, 0) is 17.7 Å². The molecule has 0 unspecified atom stereocenters. The molecule has 6 heteroatoms. The Morgan fingerprint density at radius 2 is 2.18 bits per heavy atom. The number of benzene rings is 1. The molecule has 0 aliphatic carbocycles. The van der Waals surface area contributed by atoms with Gasteiger partial charge in [-0.3, -0.25) is 4.79 Å². The number of phenols is 1. The number of amides is 1. The number of halogens is 2. The number of nitrogens with two attached hydrogens (primary N) is 1. The average molecular weight is 244 g/mol. The van der Waals surface area contributed by atoms with E-state index < -0.39 is 24.9 Å². The summed E-state index contributed by atoms with van der Waals surface area (Å²) < 4.78 is 25.5. The Balaban J connectivity index is 2.45. The van der Waals surface area contributed by atoms with Crippen LogP contribution in [0.15, 0.2) is 24.3 Å². The van der Waals surface area contributed by atoms with Gasteiger partial charge in [-0.1, -0.05) is 12.1 Å². The van der Waals surface area contributed by atoms with Crippen molar-refractivity contribution < 1.29 is 18.7 Å². The second kappa shape index (κ2) is 5.58. The first-order valence-electron chi connectivity index (χ1n) is 5.05. The van der Waals surface area contributed by atoms with Crippen LogP contribution in [0.1, 0.15) is 5.56 Å². The van der Waals surface area contributed by atoms with Gasteiger partial charge in [-0.2, -0.15) is 0 Å². The maximum atomic E-state index is 12.7. The summed E-state index contributed by atoms with van der Waals surface area (Å²) in [6.45, 7) is -1.58. The van der Waals surface area contributed by atoms with Crippen molar-refractivity contribution in [2.45, 2.75) is 12.3 Å².